The lowest BCUT2D eigenvalue weighted by molar-refractivity contribution is -0.143. The Morgan fingerprint density at radius 3 is 1.94 bits per heavy atom. The Labute approximate surface area is 292 Å². The molecule has 0 spiro atoms. The number of para-hydroxylation sites is 1. The molecule has 0 saturated heterocycles. The fourth-order valence-electron chi connectivity index (χ4n) is 5.92. The molecule has 50 heavy (non-hydrogen) atoms. The van der Waals surface area contributed by atoms with Gasteiger partial charge in [0.25, 0.3) is 0 Å². The monoisotopic (exact) mass is 709 g/mol. The van der Waals surface area contributed by atoms with Crippen molar-refractivity contribution in [2.75, 3.05) is 25.0 Å². The number of hydrazine groups is 1. The number of anilines is 1. The summed E-state index contributed by atoms with van der Waals surface area (Å²) in [7, 11) is 1.99. The maximum absolute atomic E-state index is 12.2. The first-order chi connectivity index (χ1) is 23.3. The maximum Gasteiger partial charge on any atom is 0.416 e. The van der Waals surface area contributed by atoms with E-state index in [1.807, 2.05) is 11.9 Å². The Balaban J connectivity index is 0.000000376. The minimum absolute atomic E-state index is 0.0721. The second-order valence-corrected chi connectivity index (χ2v) is 13.8. The number of halogens is 6. The quantitative estimate of drug-likeness (QED) is 0.0679. The van der Waals surface area contributed by atoms with E-state index < -0.39 is 23.5 Å². The second kappa shape index (κ2) is 17.5. The number of alkyl halides is 6. The van der Waals surface area contributed by atoms with Gasteiger partial charge in [-0.1, -0.05) is 71.6 Å². The van der Waals surface area contributed by atoms with Gasteiger partial charge < -0.3 is 15.5 Å². The van der Waals surface area contributed by atoms with E-state index in [-0.39, 0.29) is 17.7 Å². The van der Waals surface area contributed by atoms with Crippen molar-refractivity contribution in [3.05, 3.63) is 70.3 Å². The van der Waals surface area contributed by atoms with Gasteiger partial charge in [-0.2, -0.15) is 26.3 Å². The fourth-order valence-corrected chi connectivity index (χ4v) is 5.92. The van der Waals surface area contributed by atoms with Gasteiger partial charge in [0, 0.05) is 37.6 Å². The van der Waals surface area contributed by atoms with Gasteiger partial charge in [0.2, 0.25) is 5.96 Å². The number of guanidine groups is 1. The number of hydrogen-bond acceptors (Lipinski definition) is 5. The number of rotatable bonds is 11. The smallest absolute Gasteiger partial charge is 0.368 e. The van der Waals surface area contributed by atoms with Gasteiger partial charge in [0.1, 0.15) is 5.82 Å². The zero-order valence-corrected chi connectivity index (χ0v) is 30.3. The molecule has 1 aliphatic carbocycles. The zero-order valence-electron chi connectivity index (χ0n) is 30.3. The molecular formula is C37H53F6N7. The molecule has 1 saturated carbocycles. The first-order valence-corrected chi connectivity index (χ1v) is 17.3. The van der Waals surface area contributed by atoms with Crippen molar-refractivity contribution in [3.8, 4) is 0 Å². The van der Waals surface area contributed by atoms with Crippen LogP contribution in [0, 0.1) is 25.7 Å². The lowest BCUT2D eigenvalue weighted by Crippen LogP contribution is -2.42. The van der Waals surface area contributed by atoms with Gasteiger partial charge in [-0.15, -0.1) is 5.10 Å². The predicted octanol–water partition coefficient (Wildman–Crippen LogP) is 9.25. The van der Waals surface area contributed by atoms with E-state index in [9.17, 15) is 26.3 Å². The predicted molar refractivity (Wildman–Crippen MR) is 190 cm³/mol. The van der Waals surface area contributed by atoms with Crippen LogP contribution in [-0.2, 0) is 18.9 Å². The molecule has 0 bridgehead atoms. The van der Waals surface area contributed by atoms with E-state index in [0.29, 0.717) is 36.5 Å². The van der Waals surface area contributed by atoms with Crippen molar-refractivity contribution in [2.45, 2.75) is 105 Å². The second-order valence-electron chi connectivity index (χ2n) is 13.8. The highest BCUT2D eigenvalue weighted by Gasteiger charge is 2.36. The summed E-state index contributed by atoms with van der Waals surface area (Å²) in [6.45, 7) is 15.1. The molecule has 278 valence electrons. The van der Waals surface area contributed by atoms with Gasteiger partial charge in [-0.3, -0.25) is 0 Å². The van der Waals surface area contributed by atoms with Crippen LogP contribution < -0.4 is 16.5 Å². The van der Waals surface area contributed by atoms with E-state index >= 15 is 0 Å². The summed E-state index contributed by atoms with van der Waals surface area (Å²) < 4.78 is 73.0. The molecule has 3 aromatic rings. The highest BCUT2D eigenvalue weighted by Crippen LogP contribution is 2.36. The summed E-state index contributed by atoms with van der Waals surface area (Å²) in [5.74, 6) is 8.91. The van der Waals surface area contributed by atoms with Crippen LogP contribution >= 0.6 is 0 Å². The van der Waals surface area contributed by atoms with E-state index in [1.165, 1.54) is 30.9 Å². The number of nitrogens with two attached hydrogens (primary N) is 2. The Hall–Kier alpha value is -3.74. The molecule has 4 N–H and O–H groups in total. The largest absolute Gasteiger partial charge is 0.416 e. The Bertz CT molecular complexity index is 1520. The molecule has 1 heterocycles. The highest BCUT2D eigenvalue weighted by atomic mass is 19.4. The number of aromatic nitrogens is 1. The average molecular weight is 710 g/mol. The van der Waals surface area contributed by atoms with Crippen LogP contribution in [0.5, 0.6) is 0 Å². The molecule has 2 atom stereocenters. The summed E-state index contributed by atoms with van der Waals surface area (Å²) in [5.41, 5.74) is 7.22. The molecule has 0 amide bonds. The molecule has 4 rings (SSSR count). The Kier molecular flexibility index (Phi) is 14.2. The van der Waals surface area contributed by atoms with Crippen LogP contribution in [0.2, 0.25) is 0 Å². The molecule has 1 aliphatic rings. The Morgan fingerprint density at radius 1 is 0.900 bits per heavy atom. The third kappa shape index (κ3) is 11.4. The van der Waals surface area contributed by atoms with Crippen molar-refractivity contribution in [2.24, 2.45) is 28.5 Å². The van der Waals surface area contributed by atoms with Crippen molar-refractivity contribution in [3.63, 3.8) is 0 Å². The number of aryl methyl sites for hydroxylation is 2. The van der Waals surface area contributed by atoms with E-state index in [2.05, 4.69) is 68.9 Å². The number of fused-ring (bicyclic) bond motifs is 1. The number of hydrazone groups is 1. The number of nitrogens with zero attached hydrogens (tertiary/aromatic N) is 5. The lowest BCUT2D eigenvalue weighted by Gasteiger charge is -2.32. The molecule has 1 aromatic heterocycles. The van der Waals surface area contributed by atoms with Crippen molar-refractivity contribution >= 4 is 22.7 Å². The summed E-state index contributed by atoms with van der Waals surface area (Å²) in [6, 6.07) is 10.4. The topological polar surface area (TPSA) is 87.0 Å². The molecule has 0 radical (unpaired) electrons. The SMILES string of the molecule is CCC(C)CN(CC(C)CC)c1nc2c(C)cccc2cc1CN(C)/C(N)=N/N(N)C1CCCC1.Cc1cc(C(F)(F)F)cc(C(F)(F)F)c1. The summed E-state index contributed by atoms with van der Waals surface area (Å²) in [6.07, 6.45) is -2.66. The van der Waals surface area contributed by atoms with Crippen LogP contribution in [0.4, 0.5) is 32.2 Å². The highest BCUT2D eigenvalue weighted by molar-refractivity contribution is 5.85. The summed E-state index contributed by atoms with van der Waals surface area (Å²) >= 11 is 0. The molecular weight excluding hydrogens is 656 g/mol. The Morgan fingerprint density at radius 2 is 1.44 bits per heavy atom. The molecule has 2 unspecified atom stereocenters. The van der Waals surface area contributed by atoms with Crippen LogP contribution in [0.3, 0.4) is 0 Å². The molecule has 13 heteroatoms. The zero-order chi connectivity index (χ0) is 37.4. The minimum Gasteiger partial charge on any atom is -0.368 e. The van der Waals surface area contributed by atoms with Gasteiger partial charge in [0.05, 0.1) is 22.7 Å². The first kappa shape index (κ1) is 40.7. The van der Waals surface area contributed by atoms with Crippen molar-refractivity contribution < 1.29 is 26.3 Å². The number of pyridine rings is 1. The third-order valence-electron chi connectivity index (χ3n) is 9.31. The van der Waals surface area contributed by atoms with E-state index in [0.717, 1.165) is 55.5 Å². The summed E-state index contributed by atoms with van der Waals surface area (Å²) in [4.78, 5) is 9.76. The van der Waals surface area contributed by atoms with Crippen LogP contribution in [-0.4, -0.2) is 47.1 Å². The summed E-state index contributed by atoms with van der Waals surface area (Å²) in [5, 5.41) is 7.25. The molecule has 7 nitrogen and oxygen atoms in total. The number of hydrogen-bond donors (Lipinski definition) is 2. The normalized spacial score (nSPS) is 15.4. The van der Waals surface area contributed by atoms with Crippen LogP contribution in [0.1, 0.15) is 94.0 Å². The maximum atomic E-state index is 12.2. The van der Waals surface area contributed by atoms with Crippen molar-refractivity contribution in [1.82, 2.24) is 15.0 Å². The first-order valence-electron chi connectivity index (χ1n) is 17.3. The van der Waals surface area contributed by atoms with Crippen molar-refractivity contribution in [1.29, 1.82) is 0 Å². The number of benzene rings is 2. The van der Waals surface area contributed by atoms with E-state index in [4.69, 9.17) is 16.6 Å². The lowest BCUT2D eigenvalue weighted by atomic mass is 10.0. The van der Waals surface area contributed by atoms with Gasteiger partial charge in [0.15, 0.2) is 0 Å². The fraction of sp³-hybridized carbons (Fsp3) is 0.568. The molecule has 0 aliphatic heterocycles. The minimum atomic E-state index is -4.76. The van der Waals surface area contributed by atoms with Crippen LogP contribution in [0.15, 0.2) is 47.6 Å². The third-order valence-corrected chi connectivity index (χ3v) is 9.31. The molecule has 1 fully saturated rings. The standard InChI is InChI=1S/C28H47N7.C9H6F6/c1-7-20(3)17-34(18-21(4)8-2)27-24(16-23-13-11-12-22(5)26(23)31-27)19-33(6)28(29)32-35(30)25-14-9-10-15-25;1-5-2-6(8(10,11)12)4-7(3-5)9(13,14)15/h11-13,16,20-21,25H,7-10,14-15,17-19,30H2,1-6H3,(H2,29,32);2-4H,1H3. The van der Waals surface area contributed by atoms with E-state index in [1.54, 1.807) is 5.12 Å². The van der Waals surface area contributed by atoms with Crippen LogP contribution in [0.25, 0.3) is 10.9 Å². The van der Waals surface area contributed by atoms with Gasteiger partial charge in [-0.25, -0.2) is 15.9 Å². The van der Waals surface area contributed by atoms with Gasteiger partial charge in [-0.05, 0) is 73.9 Å². The average Bonchev–Trinajstić information content (AvgIpc) is 3.59. The molecule has 2 aromatic carbocycles. The van der Waals surface area contributed by atoms with Gasteiger partial charge >= 0.3 is 12.4 Å².